The molecule has 1 heterocycles. The van der Waals surface area contributed by atoms with Crippen molar-refractivity contribution >= 4 is 11.9 Å². The smallest absolute Gasteiger partial charge is 0.331 e. The van der Waals surface area contributed by atoms with Crippen molar-refractivity contribution in [1.82, 2.24) is 5.32 Å². The molecular weight excluding hydrogens is 206 g/mol. The molecule has 0 aliphatic carbocycles. The van der Waals surface area contributed by atoms with Gasteiger partial charge in [-0.05, 0) is 33.1 Å². The van der Waals surface area contributed by atoms with Crippen LogP contribution in [0.15, 0.2) is 0 Å². The van der Waals surface area contributed by atoms with Crippen molar-refractivity contribution in [2.75, 3.05) is 6.61 Å². The monoisotopic (exact) mass is 227 g/mol. The molecule has 1 rings (SSSR count). The molecule has 1 amide bonds. The Labute approximate surface area is 96.7 Å². The average molecular weight is 227 g/mol. The molecule has 0 bridgehead atoms. The lowest BCUT2D eigenvalue weighted by Crippen LogP contribution is -2.60. The zero-order valence-electron chi connectivity index (χ0n) is 10.6. The van der Waals surface area contributed by atoms with Gasteiger partial charge in [0.05, 0.1) is 6.61 Å². The molecule has 92 valence electrons. The van der Waals surface area contributed by atoms with E-state index in [0.717, 1.165) is 12.8 Å². The fraction of sp³-hybridized carbons (Fsp3) is 0.833. The molecule has 1 aliphatic rings. The number of esters is 1. The fourth-order valence-electron chi connectivity index (χ4n) is 1.88. The molecule has 0 spiro atoms. The molecule has 1 N–H and O–H groups in total. The Bertz CT molecular complexity index is 303. The number of carbonyl (C=O) groups is 2. The van der Waals surface area contributed by atoms with Crippen LogP contribution in [0.5, 0.6) is 0 Å². The summed E-state index contributed by atoms with van der Waals surface area (Å²) in [5.74, 6) is -0.377. The summed E-state index contributed by atoms with van der Waals surface area (Å²) < 4.78 is 4.98. The maximum Gasteiger partial charge on any atom is 0.331 e. The SMILES string of the molecule is CCOC(=O)C1(C)CCC(C)(CC)C(=O)N1. The highest BCUT2D eigenvalue weighted by Crippen LogP contribution is 2.36. The normalized spacial score (nSPS) is 34.4. The minimum absolute atomic E-state index is 0.0446. The maximum absolute atomic E-state index is 12.0. The number of piperidine rings is 1. The molecule has 4 heteroatoms. The van der Waals surface area contributed by atoms with E-state index in [1.54, 1.807) is 13.8 Å². The molecular formula is C12H21NO3. The zero-order chi connectivity index (χ0) is 12.4. The Morgan fingerprint density at radius 2 is 2.00 bits per heavy atom. The molecule has 1 fully saturated rings. The summed E-state index contributed by atoms with van der Waals surface area (Å²) in [6.45, 7) is 7.77. The highest BCUT2D eigenvalue weighted by atomic mass is 16.5. The van der Waals surface area contributed by atoms with Crippen LogP contribution in [0.1, 0.15) is 47.0 Å². The van der Waals surface area contributed by atoms with Gasteiger partial charge in [0, 0.05) is 5.41 Å². The number of hydrogen-bond acceptors (Lipinski definition) is 3. The van der Waals surface area contributed by atoms with E-state index in [9.17, 15) is 9.59 Å². The van der Waals surface area contributed by atoms with E-state index < -0.39 is 5.54 Å². The third-order valence-electron chi connectivity index (χ3n) is 3.62. The van der Waals surface area contributed by atoms with Gasteiger partial charge < -0.3 is 10.1 Å². The number of nitrogens with one attached hydrogen (secondary N) is 1. The van der Waals surface area contributed by atoms with Gasteiger partial charge in [-0.25, -0.2) is 4.79 Å². The summed E-state index contributed by atoms with van der Waals surface area (Å²) in [5.41, 5.74) is -1.19. The Morgan fingerprint density at radius 1 is 1.38 bits per heavy atom. The highest BCUT2D eigenvalue weighted by molar-refractivity contribution is 5.91. The fourth-order valence-corrected chi connectivity index (χ4v) is 1.88. The van der Waals surface area contributed by atoms with E-state index in [4.69, 9.17) is 4.74 Å². The second-order valence-electron chi connectivity index (χ2n) is 4.92. The van der Waals surface area contributed by atoms with E-state index >= 15 is 0 Å². The predicted molar refractivity (Wildman–Crippen MR) is 60.8 cm³/mol. The Morgan fingerprint density at radius 3 is 2.44 bits per heavy atom. The van der Waals surface area contributed by atoms with Crippen molar-refractivity contribution in [2.24, 2.45) is 5.41 Å². The number of hydrogen-bond donors (Lipinski definition) is 1. The van der Waals surface area contributed by atoms with Gasteiger partial charge in [0.1, 0.15) is 5.54 Å². The molecule has 0 aromatic carbocycles. The van der Waals surface area contributed by atoms with Gasteiger partial charge >= 0.3 is 5.97 Å². The third-order valence-corrected chi connectivity index (χ3v) is 3.62. The van der Waals surface area contributed by atoms with E-state index in [1.807, 2.05) is 13.8 Å². The first-order chi connectivity index (χ1) is 7.38. The molecule has 16 heavy (non-hydrogen) atoms. The van der Waals surface area contributed by atoms with Gasteiger partial charge in [-0.15, -0.1) is 0 Å². The van der Waals surface area contributed by atoms with Crippen LogP contribution in [0.3, 0.4) is 0 Å². The van der Waals surface area contributed by atoms with Crippen molar-refractivity contribution < 1.29 is 14.3 Å². The Kier molecular flexibility index (Phi) is 3.61. The van der Waals surface area contributed by atoms with Crippen LogP contribution in [0.2, 0.25) is 0 Å². The lowest BCUT2D eigenvalue weighted by Gasteiger charge is -2.41. The van der Waals surface area contributed by atoms with E-state index in [2.05, 4.69) is 5.32 Å². The molecule has 0 saturated carbocycles. The minimum atomic E-state index is -0.845. The van der Waals surface area contributed by atoms with E-state index in [0.29, 0.717) is 13.0 Å². The summed E-state index contributed by atoms with van der Waals surface area (Å²) in [6, 6.07) is 0. The highest BCUT2D eigenvalue weighted by Gasteiger charge is 2.47. The molecule has 0 radical (unpaired) electrons. The standard InChI is InChI=1S/C12H21NO3/c1-5-11(3)7-8-12(4,13-9(11)14)10(15)16-6-2/h5-8H2,1-4H3,(H,13,14). The number of ether oxygens (including phenoxy) is 1. The number of rotatable bonds is 3. The first-order valence-electron chi connectivity index (χ1n) is 5.88. The number of amides is 1. The van der Waals surface area contributed by atoms with Gasteiger partial charge in [-0.3, -0.25) is 4.79 Å². The second-order valence-corrected chi connectivity index (χ2v) is 4.92. The molecule has 0 aromatic rings. The minimum Gasteiger partial charge on any atom is -0.464 e. The molecule has 0 aromatic heterocycles. The van der Waals surface area contributed by atoms with Crippen molar-refractivity contribution in [2.45, 2.75) is 52.5 Å². The molecule has 2 unspecified atom stereocenters. The average Bonchev–Trinajstić information content (AvgIpc) is 2.25. The first kappa shape index (κ1) is 13.0. The van der Waals surface area contributed by atoms with Gasteiger partial charge in [0.2, 0.25) is 5.91 Å². The second kappa shape index (κ2) is 4.44. The van der Waals surface area contributed by atoms with E-state index in [-0.39, 0.29) is 17.3 Å². The van der Waals surface area contributed by atoms with E-state index in [1.165, 1.54) is 0 Å². The van der Waals surface area contributed by atoms with Crippen LogP contribution in [0, 0.1) is 5.41 Å². The molecule has 1 saturated heterocycles. The van der Waals surface area contributed by atoms with Gasteiger partial charge in [-0.1, -0.05) is 13.8 Å². The summed E-state index contributed by atoms with van der Waals surface area (Å²) in [6.07, 6.45) is 2.16. The van der Waals surface area contributed by atoms with Crippen molar-refractivity contribution in [3.8, 4) is 0 Å². The zero-order valence-corrected chi connectivity index (χ0v) is 10.6. The van der Waals surface area contributed by atoms with Gasteiger partial charge in [-0.2, -0.15) is 0 Å². The topological polar surface area (TPSA) is 55.4 Å². The van der Waals surface area contributed by atoms with Crippen LogP contribution in [0.25, 0.3) is 0 Å². The predicted octanol–water partition coefficient (Wildman–Crippen LogP) is 1.63. The third kappa shape index (κ3) is 2.20. The summed E-state index contributed by atoms with van der Waals surface area (Å²) in [7, 11) is 0. The summed E-state index contributed by atoms with van der Waals surface area (Å²) in [4.78, 5) is 23.7. The largest absolute Gasteiger partial charge is 0.464 e. The van der Waals surface area contributed by atoms with Gasteiger partial charge in [0.15, 0.2) is 0 Å². The molecule has 4 nitrogen and oxygen atoms in total. The van der Waals surface area contributed by atoms with Crippen LogP contribution in [-0.2, 0) is 14.3 Å². The molecule has 2 atom stereocenters. The van der Waals surface area contributed by atoms with Crippen LogP contribution in [0.4, 0.5) is 0 Å². The number of carbonyl (C=O) groups excluding carboxylic acids is 2. The van der Waals surface area contributed by atoms with Crippen molar-refractivity contribution in [3.63, 3.8) is 0 Å². The quantitative estimate of drug-likeness (QED) is 0.746. The Balaban J connectivity index is 2.77. The van der Waals surface area contributed by atoms with Gasteiger partial charge in [0.25, 0.3) is 0 Å². The van der Waals surface area contributed by atoms with Crippen LogP contribution < -0.4 is 5.32 Å². The molecule has 1 aliphatic heterocycles. The maximum atomic E-state index is 12.0. The van der Waals surface area contributed by atoms with Crippen molar-refractivity contribution in [3.05, 3.63) is 0 Å². The lowest BCUT2D eigenvalue weighted by molar-refractivity contribution is -0.157. The first-order valence-corrected chi connectivity index (χ1v) is 5.88. The van der Waals surface area contributed by atoms with Crippen LogP contribution >= 0.6 is 0 Å². The lowest BCUT2D eigenvalue weighted by atomic mass is 9.74. The summed E-state index contributed by atoms with van der Waals surface area (Å²) in [5, 5.41) is 2.81. The van der Waals surface area contributed by atoms with Crippen molar-refractivity contribution in [1.29, 1.82) is 0 Å². The summed E-state index contributed by atoms with van der Waals surface area (Å²) >= 11 is 0. The Hall–Kier alpha value is -1.06. The van der Waals surface area contributed by atoms with Crippen LogP contribution in [-0.4, -0.2) is 24.0 Å².